The maximum absolute atomic E-state index is 12.2. The molecule has 1 unspecified atom stereocenters. The average molecular weight is 296 g/mol. The number of piperazine rings is 1. The van der Waals surface area contributed by atoms with Crippen molar-refractivity contribution in [3.8, 4) is 0 Å². The highest BCUT2D eigenvalue weighted by Gasteiger charge is 2.25. The molecule has 6 heteroatoms. The summed E-state index contributed by atoms with van der Waals surface area (Å²) in [4.78, 5) is 28.5. The quantitative estimate of drug-likeness (QED) is 0.786. The predicted octanol–water partition coefficient (Wildman–Crippen LogP) is 1.31. The molecule has 1 aromatic heterocycles. The highest BCUT2D eigenvalue weighted by Crippen LogP contribution is 2.14. The van der Waals surface area contributed by atoms with Gasteiger partial charge in [0.15, 0.2) is 0 Å². The number of carbonyl (C=O) groups excluding carboxylic acids is 2. The first-order valence-corrected chi connectivity index (χ1v) is 7.62. The van der Waals surface area contributed by atoms with Gasteiger partial charge in [0.2, 0.25) is 0 Å². The van der Waals surface area contributed by atoms with Crippen LogP contribution in [-0.4, -0.2) is 61.5 Å². The van der Waals surface area contributed by atoms with Gasteiger partial charge in [-0.05, 0) is 11.4 Å². The van der Waals surface area contributed by atoms with Gasteiger partial charge in [-0.1, -0.05) is 13.0 Å². The van der Waals surface area contributed by atoms with E-state index in [1.807, 2.05) is 29.3 Å². The van der Waals surface area contributed by atoms with Crippen molar-refractivity contribution in [1.82, 2.24) is 9.80 Å². The zero-order valence-corrected chi connectivity index (χ0v) is 12.7. The first-order chi connectivity index (χ1) is 9.61. The molecule has 0 spiro atoms. The Morgan fingerprint density at radius 1 is 1.35 bits per heavy atom. The first-order valence-electron chi connectivity index (χ1n) is 6.74. The van der Waals surface area contributed by atoms with Gasteiger partial charge in [0.1, 0.15) is 0 Å². The van der Waals surface area contributed by atoms with Crippen LogP contribution in [0.15, 0.2) is 17.5 Å². The van der Waals surface area contributed by atoms with Crippen LogP contribution in [-0.2, 0) is 9.53 Å². The largest absolute Gasteiger partial charge is 0.469 e. The third kappa shape index (κ3) is 3.58. The van der Waals surface area contributed by atoms with Gasteiger partial charge in [-0.15, -0.1) is 11.3 Å². The van der Waals surface area contributed by atoms with Crippen LogP contribution in [0, 0.1) is 5.92 Å². The van der Waals surface area contributed by atoms with Gasteiger partial charge < -0.3 is 9.64 Å². The van der Waals surface area contributed by atoms with E-state index in [0.29, 0.717) is 19.6 Å². The smallest absolute Gasteiger partial charge is 0.309 e. The number of nitrogens with zero attached hydrogens (tertiary/aromatic N) is 2. The van der Waals surface area contributed by atoms with Crippen molar-refractivity contribution in [2.24, 2.45) is 5.92 Å². The molecule has 1 aliphatic heterocycles. The third-order valence-corrected chi connectivity index (χ3v) is 4.38. The van der Waals surface area contributed by atoms with Gasteiger partial charge in [0.25, 0.3) is 5.91 Å². The fourth-order valence-corrected chi connectivity index (χ4v) is 3.04. The molecule has 2 rings (SSSR count). The van der Waals surface area contributed by atoms with E-state index in [-0.39, 0.29) is 17.8 Å². The highest BCUT2D eigenvalue weighted by atomic mass is 32.1. The molecule has 0 aliphatic carbocycles. The van der Waals surface area contributed by atoms with Crippen molar-refractivity contribution in [3.05, 3.63) is 22.4 Å². The second-order valence-corrected chi connectivity index (χ2v) is 5.94. The van der Waals surface area contributed by atoms with Gasteiger partial charge in [0, 0.05) is 32.7 Å². The lowest BCUT2D eigenvalue weighted by Crippen LogP contribution is -2.50. The molecule has 0 saturated carbocycles. The Morgan fingerprint density at radius 3 is 2.60 bits per heavy atom. The minimum absolute atomic E-state index is 0.112. The molecule has 1 saturated heterocycles. The van der Waals surface area contributed by atoms with E-state index in [1.165, 1.54) is 18.4 Å². The molecule has 0 radical (unpaired) electrons. The first kappa shape index (κ1) is 15.0. The number of esters is 1. The summed E-state index contributed by atoms with van der Waals surface area (Å²) in [7, 11) is 1.41. The summed E-state index contributed by atoms with van der Waals surface area (Å²) in [6.45, 7) is 5.59. The fraction of sp³-hybridized carbons (Fsp3) is 0.571. The molecule has 0 bridgehead atoms. The maximum Gasteiger partial charge on any atom is 0.309 e. The van der Waals surface area contributed by atoms with Gasteiger partial charge in [-0.25, -0.2) is 0 Å². The van der Waals surface area contributed by atoms with Crippen LogP contribution in [0.2, 0.25) is 0 Å². The van der Waals surface area contributed by atoms with E-state index < -0.39 is 0 Å². The number of hydrogen-bond donors (Lipinski definition) is 0. The number of carbonyl (C=O) groups is 2. The van der Waals surface area contributed by atoms with Crippen LogP contribution in [0.1, 0.15) is 16.6 Å². The van der Waals surface area contributed by atoms with Crippen LogP contribution < -0.4 is 0 Å². The molecular formula is C14H20N2O3S. The molecule has 1 aromatic rings. The molecule has 1 fully saturated rings. The SMILES string of the molecule is COC(=O)C(C)CN1CCN(C(=O)c2cccs2)CC1. The van der Waals surface area contributed by atoms with Crippen LogP contribution in [0.4, 0.5) is 0 Å². The second kappa shape index (κ2) is 6.85. The van der Waals surface area contributed by atoms with E-state index in [2.05, 4.69) is 4.90 Å². The Labute approximate surface area is 123 Å². The normalized spacial score (nSPS) is 17.8. The fourth-order valence-electron chi connectivity index (χ4n) is 2.35. The third-order valence-electron chi connectivity index (χ3n) is 3.53. The number of hydrogen-bond acceptors (Lipinski definition) is 5. The van der Waals surface area contributed by atoms with Gasteiger partial charge in [-0.2, -0.15) is 0 Å². The Balaban J connectivity index is 1.81. The molecule has 110 valence electrons. The number of ether oxygens (including phenoxy) is 1. The van der Waals surface area contributed by atoms with E-state index >= 15 is 0 Å². The maximum atomic E-state index is 12.2. The van der Waals surface area contributed by atoms with Crippen molar-refractivity contribution >= 4 is 23.2 Å². The summed E-state index contributed by atoms with van der Waals surface area (Å²) in [5.74, 6) is -0.192. The Bertz CT molecular complexity index is 453. The van der Waals surface area contributed by atoms with Gasteiger partial charge in [-0.3, -0.25) is 14.5 Å². The summed E-state index contributed by atoms with van der Waals surface area (Å²) in [6.07, 6.45) is 0. The van der Waals surface area contributed by atoms with Crippen molar-refractivity contribution in [2.75, 3.05) is 39.8 Å². The lowest BCUT2D eigenvalue weighted by atomic mass is 10.1. The Hall–Kier alpha value is -1.40. The average Bonchev–Trinajstić information content (AvgIpc) is 3.00. The Morgan fingerprint density at radius 2 is 2.05 bits per heavy atom. The van der Waals surface area contributed by atoms with Crippen LogP contribution in [0.25, 0.3) is 0 Å². The molecule has 2 heterocycles. The predicted molar refractivity (Wildman–Crippen MR) is 77.8 cm³/mol. The molecular weight excluding hydrogens is 276 g/mol. The lowest BCUT2D eigenvalue weighted by molar-refractivity contribution is -0.145. The van der Waals surface area contributed by atoms with Crippen LogP contribution in [0.5, 0.6) is 0 Å². The number of amides is 1. The molecule has 1 amide bonds. The van der Waals surface area contributed by atoms with E-state index in [1.54, 1.807) is 0 Å². The number of thiophene rings is 1. The summed E-state index contributed by atoms with van der Waals surface area (Å²) in [5.41, 5.74) is 0. The molecule has 0 aromatic carbocycles. The van der Waals surface area contributed by atoms with Gasteiger partial charge >= 0.3 is 5.97 Å². The van der Waals surface area contributed by atoms with Crippen molar-refractivity contribution in [2.45, 2.75) is 6.92 Å². The summed E-state index contributed by atoms with van der Waals surface area (Å²) >= 11 is 1.48. The Kier molecular flexibility index (Phi) is 5.14. The molecule has 1 atom stereocenters. The lowest BCUT2D eigenvalue weighted by Gasteiger charge is -2.35. The highest BCUT2D eigenvalue weighted by molar-refractivity contribution is 7.12. The van der Waals surface area contributed by atoms with E-state index in [9.17, 15) is 9.59 Å². The molecule has 5 nitrogen and oxygen atoms in total. The zero-order chi connectivity index (χ0) is 14.5. The standard InChI is InChI=1S/C14H20N2O3S/c1-11(14(18)19-2)10-15-5-7-16(8-6-15)13(17)12-4-3-9-20-12/h3-4,9,11H,5-8,10H2,1-2H3. The molecule has 20 heavy (non-hydrogen) atoms. The second-order valence-electron chi connectivity index (χ2n) is 4.99. The number of methoxy groups -OCH3 is 1. The summed E-state index contributed by atoms with van der Waals surface area (Å²) in [6, 6.07) is 3.75. The number of rotatable bonds is 4. The van der Waals surface area contributed by atoms with E-state index in [4.69, 9.17) is 4.74 Å². The van der Waals surface area contributed by atoms with Crippen LogP contribution >= 0.6 is 11.3 Å². The monoisotopic (exact) mass is 296 g/mol. The van der Waals surface area contributed by atoms with Crippen molar-refractivity contribution in [1.29, 1.82) is 0 Å². The molecule has 1 aliphatic rings. The van der Waals surface area contributed by atoms with Crippen molar-refractivity contribution < 1.29 is 14.3 Å². The minimum Gasteiger partial charge on any atom is -0.469 e. The van der Waals surface area contributed by atoms with Gasteiger partial charge in [0.05, 0.1) is 17.9 Å². The topological polar surface area (TPSA) is 49.9 Å². The van der Waals surface area contributed by atoms with Crippen molar-refractivity contribution in [3.63, 3.8) is 0 Å². The zero-order valence-electron chi connectivity index (χ0n) is 11.9. The summed E-state index contributed by atoms with van der Waals surface area (Å²) < 4.78 is 4.73. The minimum atomic E-state index is -0.179. The summed E-state index contributed by atoms with van der Waals surface area (Å²) in [5, 5.41) is 1.92. The van der Waals surface area contributed by atoms with E-state index in [0.717, 1.165) is 18.0 Å². The van der Waals surface area contributed by atoms with Crippen LogP contribution in [0.3, 0.4) is 0 Å². The molecule has 0 N–H and O–H groups in total.